The molecule has 0 aliphatic heterocycles. The highest BCUT2D eigenvalue weighted by atomic mass is 35.5. The highest BCUT2D eigenvalue weighted by molar-refractivity contribution is 6.31. The third-order valence-corrected chi connectivity index (χ3v) is 4.77. The van der Waals surface area contributed by atoms with E-state index in [4.69, 9.17) is 20.9 Å². The number of nitrogens with zero attached hydrogens (tertiary/aromatic N) is 2. The monoisotopic (exact) mass is 440 g/mol. The van der Waals surface area contributed by atoms with Crippen LogP contribution in [0.5, 0.6) is 5.75 Å². The van der Waals surface area contributed by atoms with Gasteiger partial charge in [0.15, 0.2) is 12.4 Å². The average molecular weight is 441 g/mol. The van der Waals surface area contributed by atoms with Crippen LogP contribution in [-0.4, -0.2) is 15.9 Å². The number of hydrogen-bond acceptors (Lipinski definition) is 5. The van der Waals surface area contributed by atoms with Gasteiger partial charge in [-0.25, -0.2) is 8.78 Å². The predicted molar refractivity (Wildman–Crippen MR) is 110 cm³/mol. The number of aromatic nitrogens is 2. The lowest BCUT2D eigenvalue weighted by atomic mass is 10.0. The first-order valence-corrected chi connectivity index (χ1v) is 9.61. The maximum Gasteiger partial charge on any atom is 0.264 e. The molecule has 0 N–H and O–H groups in total. The molecule has 0 bridgehead atoms. The Kier molecular flexibility index (Phi) is 5.77. The van der Waals surface area contributed by atoms with Crippen LogP contribution in [0.1, 0.15) is 27.4 Å². The van der Waals surface area contributed by atoms with E-state index < -0.39 is 11.6 Å². The van der Waals surface area contributed by atoms with Crippen LogP contribution in [-0.2, 0) is 6.61 Å². The molecule has 0 aliphatic rings. The molecule has 1 aromatic heterocycles. The number of aryl methyl sites for hydroxylation is 1. The summed E-state index contributed by atoms with van der Waals surface area (Å²) in [5.41, 5.74) is 0.799. The number of ether oxygens (including phenoxy) is 1. The molecule has 0 aliphatic carbocycles. The van der Waals surface area contributed by atoms with E-state index in [0.717, 1.165) is 12.1 Å². The van der Waals surface area contributed by atoms with Crippen molar-refractivity contribution in [1.82, 2.24) is 10.1 Å². The summed E-state index contributed by atoms with van der Waals surface area (Å²) >= 11 is 6.06. The summed E-state index contributed by atoms with van der Waals surface area (Å²) in [6.07, 6.45) is 0. The molecule has 0 saturated heterocycles. The van der Waals surface area contributed by atoms with E-state index in [1.165, 1.54) is 13.0 Å². The highest BCUT2D eigenvalue weighted by Crippen LogP contribution is 2.27. The SMILES string of the molecule is Cc1cc(F)c(-c2noc(COc3ccc(Cl)cc3C(=O)c3ccccc3)n2)cc1F. The topological polar surface area (TPSA) is 65.2 Å². The van der Waals surface area contributed by atoms with Crippen LogP contribution >= 0.6 is 11.6 Å². The lowest BCUT2D eigenvalue weighted by Crippen LogP contribution is -2.06. The lowest BCUT2D eigenvalue weighted by Gasteiger charge is -2.10. The summed E-state index contributed by atoms with van der Waals surface area (Å²) in [6, 6.07) is 15.4. The van der Waals surface area contributed by atoms with E-state index in [1.807, 2.05) is 6.07 Å². The van der Waals surface area contributed by atoms with Crippen molar-refractivity contribution < 1.29 is 22.8 Å². The van der Waals surface area contributed by atoms with Crippen LogP contribution in [0.15, 0.2) is 65.2 Å². The van der Waals surface area contributed by atoms with Gasteiger partial charge < -0.3 is 9.26 Å². The minimum absolute atomic E-state index is 0.0310. The second-order valence-corrected chi connectivity index (χ2v) is 7.15. The molecular weight excluding hydrogens is 426 g/mol. The Balaban J connectivity index is 1.56. The summed E-state index contributed by atoms with van der Waals surface area (Å²) in [6.45, 7) is 1.28. The molecule has 8 heteroatoms. The number of halogens is 3. The van der Waals surface area contributed by atoms with E-state index in [1.54, 1.807) is 36.4 Å². The number of carbonyl (C=O) groups excluding carboxylic acids is 1. The van der Waals surface area contributed by atoms with Gasteiger partial charge in [0.25, 0.3) is 5.89 Å². The molecule has 5 nitrogen and oxygen atoms in total. The van der Waals surface area contributed by atoms with Crippen LogP contribution in [0.2, 0.25) is 5.02 Å². The van der Waals surface area contributed by atoms with E-state index in [-0.39, 0.29) is 46.5 Å². The molecule has 0 spiro atoms. The minimum atomic E-state index is -0.666. The third-order valence-electron chi connectivity index (χ3n) is 4.53. The van der Waals surface area contributed by atoms with Crippen molar-refractivity contribution in [1.29, 1.82) is 0 Å². The molecule has 0 fully saturated rings. The molecule has 0 atom stereocenters. The number of hydrogen-bond donors (Lipinski definition) is 0. The van der Waals surface area contributed by atoms with Gasteiger partial charge in [-0.15, -0.1) is 0 Å². The summed E-state index contributed by atoms with van der Waals surface area (Å²) < 4.78 is 38.7. The summed E-state index contributed by atoms with van der Waals surface area (Å²) in [5.74, 6) is -1.31. The summed E-state index contributed by atoms with van der Waals surface area (Å²) in [7, 11) is 0. The first-order chi connectivity index (χ1) is 14.9. The van der Waals surface area contributed by atoms with Crippen molar-refractivity contribution in [3.05, 3.63) is 99.9 Å². The zero-order valence-electron chi connectivity index (χ0n) is 16.2. The molecule has 31 heavy (non-hydrogen) atoms. The second kappa shape index (κ2) is 8.65. The smallest absolute Gasteiger partial charge is 0.264 e. The fourth-order valence-electron chi connectivity index (χ4n) is 2.93. The summed E-state index contributed by atoms with van der Waals surface area (Å²) in [4.78, 5) is 16.9. The van der Waals surface area contributed by atoms with Gasteiger partial charge in [-0.05, 0) is 42.8 Å². The number of benzene rings is 3. The average Bonchev–Trinajstić information content (AvgIpc) is 3.24. The Morgan fingerprint density at radius 3 is 2.61 bits per heavy atom. The molecule has 0 radical (unpaired) electrons. The Bertz CT molecular complexity index is 1260. The molecular formula is C23H15ClF2N2O3. The fraction of sp³-hybridized carbons (Fsp3) is 0.0870. The van der Waals surface area contributed by atoms with Crippen LogP contribution in [0.25, 0.3) is 11.4 Å². The maximum atomic E-state index is 14.1. The molecule has 0 unspecified atom stereocenters. The highest BCUT2D eigenvalue weighted by Gasteiger charge is 2.18. The van der Waals surface area contributed by atoms with Gasteiger partial charge in [-0.1, -0.05) is 47.1 Å². The van der Waals surface area contributed by atoms with Gasteiger partial charge >= 0.3 is 0 Å². The van der Waals surface area contributed by atoms with Gasteiger partial charge in [-0.2, -0.15) is 4.98 Å². The van der Waals surface area contributed by atoms with Gasteiger partial charge in [0.1, 0.15) is 17.4 Å². The fourth-order valence-corrected chi connectivity index (χ4v) is 3.10. The normalized spacial score (nSPS) is 10.8. The Hall–Kier alpha value is -3.58. The maximum absolute atomic E-state index is 14.1. The van der Waals surface area contributed by atoms with Gasteiger partial charge in [0.2, 0.25) is 5.82 Å². The number of ketones is 1. The minimum Gasteiger partial charge on any atom is -0.483 e. The van der Waals surface area contributed by atoms with Crippen molar-refractivity contribution in [2.45, 2.75) is 13.5 Å². The first kappa shape index (κ1) is 20.7. The van der Waals surface area contributed by atoms with Crippen LogP contribution < -0.4 is 4.74 Å². The quantitative estimate of drug-likeness (QED) is 0.355. The van der Waals surface area contributed by atoms with Gasteiger partial charge in [0, 0.05) is 10.6 Å². The zero-order chi connectivity index (χ0) is 22.0. The predicted octanol–water partition coefficient (Wildman–Crippen LogP) is 5.79. The van der Waals surface area contributed by atoms with Crippen molar-refractivity contribution in [3.8, 4) is 17.1 Å². The molecule has 4 rings (SSSR count). The zero-order valence-corrected chi connectivity index (χ0v) is 17.0. The van der Waals surface area contributed by atoms with Crippen LogP contribution in [0.4, 0.5) is 8.78 Å². The Morgan fingerprint density at radius 1 is 1.06 bits per heavy atom. The molecule has 0 saturated carbocycles. The van der Waals surface area contributed by atoms with Crippen molar-refractivity contribution in [2.75, 3.05) is 0 Å². The van der Waals surface area contributed by atoms with E-state index in [2.05, 4.69) is 10.1 Å². The van der Waals surface area contributed by atoms with Crippen LogP contribution in [0.3, 0.4) is 0 Å². The molecule has 156 valence electrons. The van der Waals surface area contributed by atoms with E-state index >= 15 is 0 Å². The summed E-state index contributed by atoms with van der Waals surface area (Å²) in [5, 5.41) is 4.07. The first-order valence-electron chi connectivity index (χ1n) is 9.23. The number of carbonyl (C=O) groups is 1. The Labute approximate surface area is 181 Å². The largest absolute Gasteiger partial charge is 0.483 e. The molecule has 1 heterocycles. The second-order valence-electron chi connectivity index (χ2n) is 6.72. The molecule has 3 aromatic carbocycles. The van der Waals surface area contributed by atoms with Crippen LogP contribution in [0, 0.1) is 18.6 Å². The molecule has 4 aromatic rings. The standard InChI is InChI=1S/C23H15ClF2N2O3/c1-13-9-19(26)16(11-18(13)25)23-27-21(31-28-23)12-30-20-8-7-15(24)10-17(20)22(29)14-5-3-2-4-6-14/h2-11H,12H2,1H3. The third kappa shape index (κ3) is 4.46. The van der Waals surface area contributed by atoms with Gasteiger partial charge in [-0.3, -0.25) is 4.79 Å². The number of rotatable bonds is 6. The van der Waals surface area contributed by atoms with Crippen molar-refractivity contribution >= 4 is 17.4 Å². The van der Waals surface area contributed by atoms with Gasteiger partial charge in [0.05, 0.1) is 11.1 Å². The van der Waals surface area contributed by atoms with E-state index in [0.29, 0.717) is 10.6 Å². The lowest BCUT2D eigenvalue weighted by molar-refractivity contribution is 0.103. The Morgan fingerprint density at radius 2 is 1.84 bits per heavy atom. The molecule has 0 amide bonds. The van der Waals surface area contributed by atoms with E-state index in [9.17, 15) is 13.6 Å². The van der Waals surface area contributed by atoms with Crippen molar-refractivity contribution in [3.63, 3.8) is 0 Å². The van der Waals surface area contributed by atoms with Crippen molar-refractivity contribution in [2.24, 2.45) is 0 Å².